The summed E-state index contributed by atoms with van der Waals surface area (Å²) in [5, 5.41) is 0. The number of hydrogen-bond donors (Lipinski definition) is 0. The fourth-order valence-corrected chi connectivity index (χ4v) is 3.13. The minimum Gasteiger partial charge on any atom is -0.378 e. The van der Waals surface area contributed by atoms with Gasteiger partial charge in [-0.1, -0.05) is 22.9 Å². The van der Waals surface area contributed by atoms with Gasteiger partial charge >= 0.3 is 0 Å². The lowest BCUT2D eigenvalue weighted by Crippen LogP contribution is -2.47. The first kappa shape index (κ1) is 12.4. The third kappa shape index (κ3) is 2.43. The molecule has 4 atom stereocenters. The predicted molar refractivity (Wildman–Crippen MR) is 66.6 cm³/mol. The molecule has 0 aromatic carbocycles. The quantitative estimate of drug-likeness (QED) is 0.692. The SMILES string of the molecule is CC1CCN(C(=O)C2CCOC2C)CC1Br. The van der Waals surface area contributed by atoms with Gasteiger partial charge in [-0.05, 0) is 25.7 Å². The van der Waals surface area contributed by atoms with Crippen molar-refractivity contribution in [3.05, 3.63) is 0 Å². The first-order valence-corrected chi connectivity index (χ1v) is 7.05. The molecule has 0 N–H and O–H groups in total. The summed E-state index contributed by atoms with van der Waals surface area (Å²) in [6.07, 6.45) is 2.09. The lowest BCUT2D eigenvalue weighted by Gasteiger charge is -2.36. The van der Waals surface area contributed by atoms with Gasteiger partial charge < -0.3 is 9.64 Å². The Bertz CT molecular complexity index is 272. The number of nitrogens with zero attached hydrogens (tertiary/aromatic N) is 1. The van der Waals surface area contributed by atoms with E-state index in [-0.39, 0.29) is 12.0 Å². The predicted octanol–water partition coefficient (Wildman–Crippen LogP) is 2.04. The molecule has 0 aliphatic carbocycles. The molecule has 0 saturated carbocycles. The molecular formula is C12H20BrNO2. The van der Waals surface area contributed by atoms with Gasteiger partial charge in [0, 0.05) is 24.5 Å². The second kappa shape index (κ2) is 5.05. The summed E-state index contributed by atoms with van der Waals surface area (Å²) in [5.74, 6) is 1.05. The molecule has 2 rings (SSSR count). The zero-order valence-electron chi connectivity index (χ0n) is 9.99. The number of carbonyl (C=O) groups is 1. The van der Waals surface area contributed by atoms with Crippen molar-refractivity contribution in [2.24, 2.45) is 11.8 Å². The number of piperidine rings is 1. The normalized spacial score (nSPS) is 40.1. The lowest BCUT2D eigenvalue weighted by molar-refractivity contribution is -0.138. The van der Waals surface area contributed by atoms with Gasteiger partial charge in [0.25, 0.3) is 0 Å². The van der Waals surface area contributed by atoms with E-state index in [9.17, 15) is 4.79 Å². The molecule has 1 amide bonds. The molecule has 2 aliphatic heterocycles. The molecule has 2 heterocycles. The Hall–Kier alpha value is -0.0900. The van der Waals surface area contributed by atoms with Crippen LogP contribution in [0.1, 0.15) is 26.7 Å². The Kier molecular flexibility index (Phi) is 3.90. The molecule has 0 radical (unpaired) electrons. The fraction of sp³-hybridized carbons (Fsp3) is 0.917. The molecule has 4 heteroatoms. The monoisotopic (exact) mass is 289 g/mol. The smallest absolute Gasteiger partial charge is 0.228 e. The number of halogens is 1. The Morgan fingerprint density at radius 3 is 2.69 bits per heavy atom. The topological polar surface area (TPSA) is 29.5 Å². The summed E-state index contributed by atoms with van der Waals surface area (Å²) >= 11 is 3.66. The molecule has 4 unspecified atom stereocenters. The van der Waals surface area contributed by atoms with Gasteiger partial charge in [0.1, 0.15) is 0 Å². The summed E-state index contributed by atoms with van der Waals surface area (Å²) in [5.41, 5.74) is 0. The number of ether oxygens (including phenoxy) is 1. The molecule has 2 fully saturated rings. The lowest BCUT2D eigenvalue weighted by atomic mass is 9.95. The maximum atomic E-state index is 12.3. The Morgan fingerprint density at radius 1 is 1.38 bits per heavy atom. The van der Waals surface area contributed by atoms with E-state index >= 15 is 0 Å². The number of carbonyl (C=O) groups excluding carboxylic acids is 1. The van der Waals surface area contributed by atoms with Crippen LogP contribution in [0.4, 0.5) is 0 Å². The summed E-state index contributed by atoms with van der Waals surface area (Å²) < 4.78 is 5.47. The summed E-state index contributed by atoms with van der Waals surface area (Å²) in [6.45, 7) is 6.74. The van der Waals surface area contributed by atoms with E-state index in [1.807, 2.05) is 11.8 Å². The molecular weight excluding hydrogens is 270 g/mol. The number of rotatable bonds is 1. The largest absolute Gasteiger partial charge is 0.378 e. The van der Waals surface area contributed by atoms with Gasteiger partial charge in [-0.2, -0.15) is 0 Å². The van der Waals surface area contributed by atoms with Crippen LogP contribution in [0.5, 0.6) is 0 Å². The zero-order valence-corrected chi connectivity index (χ0v) is 11.6. The second-order valence-electron chi connectivity index (χ2n) is 5.04. The van der Waals surface area contributed by atoms with Crippen molar-refractivity contribution in [1.82, 2.24) is 4.90 Å². The number of likely N-dealkylation sites (tertiary alicyclic amines) is 1. The molecule has 16 heavy (non-hydrogen) atoms. The molecule has 2 saturated heterocycles. The van der Waals surface area contributed by atoms with Gasteiger partial charge in [0.15, 0.2) is 0 Å². The van der Waals surface area contributed by atoms with Gasteiger partial charge in [-0.15, -0.1) is 0 Å². The Labute approximate surface area is 106 Å². The molecule has 2 aliphatic rings. The van der Waals surface area contributed by atoms with Crippen LogP contribution in [0, 0.1) is 11.8 Å². The molecule has 0 aromatic heterocycles. The fourth-order valence-electron chi connectivity index (χ4n) is 2.51. The van der Waals surface area contributed by atoms with Gasteiger partial charge in [0.2, 0.25) is 5.91 Å². The number of alkyl halides is 1. The van der Waals surface area contributed by atoms with Gasteiger partial charge in [-0.3, -0.25) is 4.79 Å². The number of amides is 1. The summed E-state index contributed by atoms with van der Waals surface area (Å²) in [4.78, 5) is 14.7. The minimum absolute atomic E-state index is 0.0908. The standard InChI is InChI=1S/C12H20BrNO2/c1-8-3-5-14(7-11(8)13)12(15)10-4-6-16-9(10)2/h8-11H,3-7H2,1-2H3. The van der Waals surface area contributed by atoms with Crippen LogP contribution in [-0.2, 0) is 9.53 Å². The van der Waals surface area contributed by atoms with E-state index < -0.39 is 0 Å². The minimum atomic E-state index is 0.0908. The second-order valence-corrected chi connectivity index (χ2v) is 6.21. The number of hydrogen-bond acceptors (Lipinski definition) is 2. The van der Waals surface area contributed by atoms with Crippen LogP contribution >= 0.6 is 15.9 Å². The van der Waals surface area contributed by atoms with Crippen molar-refractivity contribution in [2.45, 2.75) is 37.6 Å². The third-order valence-corrected chi connectivity index (χ3v) is 5.06. The van der Waals surface area contributed by atoms with Crippen LogP contribution in [0.15, 0.2) is 0 Å². The van der Waals surface area contributed by atoms with E-state index in [2.05, 4.69) is 22.9 Å². The first-order chi connectivity index (χ1) is 7.59. The van der Waals surface area contributed by atoms with E-state index in [0.29, 0.717) is 16.7 Å². The summed E-state index contributed by atoms with van der Waals surface area (Å²) in [6, 6.07) is 0. The maximum absolute atomic E-state index is 12.3. The van der Waals surface area contributed by atoms with E-state index in [1.54, 1.807) is 0 Å². The van der Waals surface area contributed by atoms with Crippen LogP contribution in [-0.4, -0.2) is 41.4 Å². The average Bonchev–Trinajstić information content (AvgIpc) is 2.67. The highest BCUT2D eigenvalue weighted by molar-refractivity contribution is 9.09. The van der Waals surface area contributed by atoms with E-state index in [1.165, 1.54) is 0 Å². The molecule has 0 spiro atoms. The Balaban J connectivity index is 1.95. The van der Waals surface area contributed by atoms with Crippen molar-refractivity contribution in [3.63, 3.8) is 0 Å². The molecule has 3 nitrogen and oxygen atoms in total. The van der Waals surface area contributed by atoms with E-state index in [0.717, 1.165) is 32.5 Å². The van der Waals surface area contributed by atoms with Crippen molar-refractivity contribution in [3.8, 4) is 0 Å². The highest BCUT2D eigenvalue weighted by Crippen LogP contribution is 2.28. The molecule has 92 valence electrons. The summed E-state index contributed by atoms with van der Waals surface area (Å²) in [7, 11) is 0. The van der Waals surface area contributed by atoms with E-state index in [4.69, 9.17) is 4.74 Å². The van der Waals surface area contributed by atoms with Crippen LogP contribution < -0.4 is 0 Å². The van der Waals surface area contributed by atoms with Crippen molar-refractivity contribution in [1.29, 1.82) is 0 Å². The highest BCUT2D eigenvalue weighted by atomic mass is 79.9. The maximum Gasteiger partial charge on any atom is 0.228 e. The van der Waals surface area contributed by atoms with Crippen molar-refractivity contribution < 1.29 is 9.53 Å². The van der Waals surface area contributed by atoms with Crippen molar-refractivity contribution >= 4 is 21.8 Å². The third-order valence-electron chi connectivity index (χ3n) is 3.87. The molecule has 0 aromatic rings. The van der Waals surface area contributed by atoms with Crippen LogP contribution in [0.25, 0.3) is 0 Å². The molecule has 0 bridgehead atoms. The van der Waals surface area contributed by atoms with Gasteiger partial charge in [0.05, 0.1) is 12.0 Å². The van der Waals surface area contributed by atoms with Crippen molar-refractivity contribution in [2.75, 3.05) is 19.7 Å². The zero-order chi connectivity index (χ0) is 11.7. The van der Waals surface area contributed by atoms with Crippen LogP contribution in [0.2, 0.25) is 0 Å². The van der Waals surface area contributed by atoms with Crippen LogP contribution in [0.3, 0.4) is 0 Å². The first-order valence-electron chi connectivity index (χ1n) is 6.14. The average molecular weight is 290 g/mol. The Morgan fingerprint density at radius 2 is 2.12 bits per heavy atom. The van der Waals surface area contributed by atoms with Gasteiger partial charge in [-0.25, -0.2) is 0 Å². The highest BCUT2D eigenvalue weighted by Gasteiger charge is 2.36.